The van der Waals surface area contributed by atoms with E-state index in [1.54, 1.807) is 0 Å². The van der Waals surface area contributed by atoms with E-state index in [4.69, 9.17) is 12.3 Å². The van der Waals surface area contributed by atoms with Crippen molar-refractivity contribution >= 4 is 7.92 Å². The lowest BCUT2D eigenvalue weighted by atomic mass is 11.9. The lowest BCUT2D eigenvalue weighted by Gasteiger charge is -1.81. The van der Waals surface area contributed by atoms with Crippen molar-refractivity contribution in [3.63, 3.8) is 0 Å². The van der Waals surface area contributed by atoms with Gasteiger partial charge in [0, 0.05) is 12.3 Å². The molecular weight excluding hydrogens is 67.0 g/mol. The number of hydrogen-bond acceptors (Lipinski definition) is 0. The molecule has 0 unspecified atom stereocenters. The van der Waals surface area contributed by atoms with Gasteiger partial charge in [0.2, 0.25) is 0 Å². The first-order chi connectivity index (χ1) is 5.37. The van der Waals surface area contributed by atoms with Crippen LogP contribution in [0.25, 0.3) is 0 Å². The molecule has 26 valence electrons. The van der Waals surface area contributed by atoms with Gasteiger partial charge in [-0.2, -0.15) is 0 Å². The summed E-state index contributed by atoms with van der Waals surface area (Å²) in [4.78, 5) is 0. The van der Waals surface area contributed by atoms with E-state index in [0.717, 1.165) is 0 Å². The zero-order valence-corrected chi connectivity index (χ0v) is 2.84. The summed E-state index contributed by atoms with van der Waals surface area (Å²) in [5.41, 5.74) is 0. The van der Waals surface area contributed by atoms with Gasteiger partial charge in [0.1, 0.15) is 0 Å². The van der Waals surface area contributed by atoms with Crippen LogP contribution in [0.15, 0.2) is 0 Å². The molecule has 0 bridgehead atoms. The van der Waals surface area contributed by atoms with Gasteiger partial charge >= 0.3 is 0 Å². The molecule has 0 aromatic carbocycles. The standard InChI is InChI=1S/C3H9P/c1-4(2)3/h1-3H3/i1D3,2D3,3D3. The smallest absolute Gasteiger partial charge is 0.0279 e. The predicted molar refractivity (Wildman–Crippen MR) is 24.7 cm³/mol. The summed E-state index contributed by atoms with van der Waals surface area (Å²) in [5.74, 6) is 0. The fourth-order valence-electron chi connectivity index (χ4n) is 0. The Kier molecular flexibility index (Phi) is 0.145. The highest BCUT2D eigenvalue weighted by molar-refractivity contribution is 7.55. The van der Waals surface area contributed by atoms with E-state index in [1.165, 1.54) is 0 Å². The van der Waals surface area contributed by atoms with E-state index in [2.05, 4.69) is 0 Å². The minimum absolute atomic E-state index is 2.92. The van der Waals surface area contributed by atoms with Crippen molar-refractivity contribution < 1.29 is 12.3 Å². The summed E-state index contributed by atoms with van der Waals surface area (Å²) < 4.78 is 61.6. The predicted octanol–water partition coefficient (Wildman–Crippen LogP) is 1.36. The minimum Gasteiger partial charge on any atom is -0.116 e. The molecule has 0 N–H and O–H groups in total. The Bertz CT molecular complexity index is 137. The monoisotopic (exact) mass is 85.1 g/mol. The molecule has 0 saturated carbocycles. The summed E-state index contributed by atoms with van der Waals surface area (Å²) >= 11 is 0. The normalized spacial score (nSPS) is 51.8. The van der Waals surface area contributed by atoms with Gasteiger partial charge in [-0.15, -0.1) is 7.92 Å². The first kappa shape index (κ1) is 0.337. The van der Waals surface area contributed by atoms with Crippen LogP contribution >= 0.6 is 7.92 Å². The average molecular weight is 85.1 g/mol. The SMILES string of the molecule is [2H]C([2H])([2H])P(C([2H])([2H])[2H])C([2H])([2H])[2H]. The second kappa shape index (κ2) is 1.72. The molecule has 0 nitrogen and oxygen atoms in total. The summed E-state index contributed by atoms with van der Waals surface area (Å²) in [6, 6.07) is 0. The zero-order chi connectivity index (χ0) is 11.1. The molecule has 0 rings (SSSR count). The van der Waals surface area contributed by atoms with Crippen LogP contribution in [-0.4, -0.2) is 19.8 Å². The largest absolute Gasteiger partial charge is 0.116 e. The maximum atomic E-state index is 6.84. The summed E-state index contributed by atoms with van der Waals surface area (Å²) in [6.07, 6.45) is 0. The van der Waals surface area contributed by atoms with Crippen molar-refractivity contribution in [3.05, 3.63) is 0 Å². The molecule has 0 fully saturated rings. The quantitative estimate of drug-likeness (QED) is 0.389. The van der Waals surface area contributed by atoms with Gasteiger partial charge in [-0.25, -0.2) is 0 Å². The molecule has 0 saturated heterocycles. The van der Waals surface area contributed by atoms with Gasteiger partial charge in [0.15, 0.2) is 0 Å². The second-order valence-electron chi connectivity index (χ2n) is 0.335. The molecule has 0 spiro atoms. The van der Waals surface area contributed by atoms with Crippen molar-refractivity contribution in [2.45, 2.75) is 0 Å². The number of rotatable bonds is 0. The van der Waals surface area contributed by atoms with Crippen LogP contribution in [-0.2, 0) is 0 Å². The Morgan fingerprint density at radius 3 is 2.00 bits per heavy atom. The van der Waals surface area contributed by atoms with Gasteiger partial charge in [0.25, 0.3) is 0 Å². The van der Waals surface area contributed by atoms with Gasteiger partial charge < -0.3 is 0 Å². The van der Waals surface area contributed by atoms with Crippen LogP contribution in [0.4, 0.5) is 0 Å². The molecular formula is C3H9P. The van der Waals surface area contributed by atoms with Crippen LogP contribution in [0.5, 0.6) is 0 Å². The van der Waals surface area contributed by atoms with Crippen molar-refractivity contribution in [1.82, 2.24) is 0 Å². The Morgan fingerprint density at radius 2 is 2.00 bits per heavy atom. The molecule has 1 heteroatoms. The third-order valence-corrected chi connectivity index (χ3v) is 0. The van der Waals surface area contributed by atoms with Crippen molar-refractivity contribution in [2.24, 2.45) is 0 Å². The van der Waals surface area contributed by atoms with Gasteiger partial charge in [0.05, 0.1) is 0 Å². The topological polar surface area (TPSA) is 0 Å². The van der Waals surface area contributed by atoms with Crippen molar-refractivity contribution in [2.75, 3.05) is 19.8 Å². The Morgan fingerprint density at radius 1 is 1.50 bits per heavy atom. The third-order valence-electron chi connectivity index (χ3n) is 0. The molecule has 0 amide bonds. The highest BCUT2D eigenvalue weighted by Crippen LogP contribution is 2.14. The van der Waals surface area contributed by atoms with Gasteiger partial charge in [-0.3, -0.25) is 0 Å². The maximum absolute atomic E-state index is 6.84. The van der Waals surface area contributed by atoms with E-state index >= 15 is 0 Å². The highest BCUT2D eigenvalue weighted by Gasteiger charge is 1.65. The van der Waals surface area contributed by atoms with Gasteiger partial charge in [-0.05, 0) is 19.8 Å². The van der Waals surface area contributed by atoms with Crippen LogP contribution in [0, 0.1) is 0 Å². The summed E-state index contributed by atoms with van der Waals surface area (Å²) in [6.45, 7) is -8.77. The van der Waals surface area contributed by atoms with E-state index < -0.39 is 27.7 Å². The minimum atomic E-state index is -2.98. The first-order valence-corrected chi connectivity index (χ1v) is 2.01. The summed E-state index contributed by atoms with van der Waals surface area (Å²) in [5, 5.41) is 0. The second-order valence-corrected chi connectivity index (χ2v) is 1.01. The Labute approximate surface area is 41.6 Å². The van der Waals surface area contributed by atoms with E-state index in [1.807, 2.05) is 0 Å². The van der Waals surface area contributed by atoms with Crippen LogP contribution in [0.2, 0.25) is 0 Å². The third kappa shape index (κ3) is 26.9. The van der Waals surface area contributed by atoms with Crippen LogP contribution < -0.4 is 0 Å². The Balaban J connectivity index is 5.02. The molecule has 0 radical (unpaired) electrons. The fourth-order valence-corrected chi connectivity index (χ4v) is 0. The molecule has 0 aliphatic heterocycles. The average Bonchev–Trinajstić information content (AvgIpc) is 1.44. The molecule has 4 heavy (non-hydrogen) atoms. The van der Waals surface area contributed by atoms with Crippen molar-refractivity contribution in [1.29, 1.82) is 0 Å². The van der Waals surface area contributed by atoms with E-state index in [0.29, 0.717) is 0 Å². The fraction of sp³-hybridized carbons (Fsp3) is 1.00. The van der Waals surface area contributed by atoms with Crippen LogP contribution in [0.3, 0.4) is 0 Å². The lowest BCUT2D eigenvalue weighted by Crippen LogP contribution is -1.48. The lowest BCUT2D eigenvalue weighted by molar-refractivity contribution is 2.13. The maximum Gasteiger partial charge on any atom is 0.0279 e. The summed E-state index contributed by atoms with van der Waals surface area (Å²) in [7, 11) is -2.98. The zero-order valence-electron chi connectivity index (χ0n) is 10.9. The molecule has 0 heterocycles. The molecule has 0 aromatic heterocycles. The first-order valence-electron chi connectivity index (χ1n) is 5.17. The van der Waals surface area contributed by atoms with Crippen LogP contribution in [0.1, 0.15) is 12.3 Å². The number of hydrogen-bond donors (Lipinski definition) is 0. The Hall–Kier alpha value is 0.430. The van der Waals surface area contributed by atoms with E-state index in [-0.39, 0.29) is 0 Å². The molecule has 0 aliphatic rings. The molecule has 0 aromatic rings. The molecule has 0 atom stereocenters. The molecule has 0 aliphatic carbocycles. The highest BCUT2D eigenvalue weighted by atomic mass is 31.1. The van der Waals surface area contributed by atoms with Gasteiger partial charge in [-0.1, -0.05) is 0 Å². The van der Waals surface area contributed by atoms with E-state index in [9.17, 15) is 0 Å². The van der Waals surface area contributed by atoms with Crippen molar-refractivity contribution in [3.8, 4) is 0 Å².